The number of nitrogens with zero attached hydrogens (tertiary/aromatic N) is 2. The average molecular weight is 417 g/mol. The number of aromatic nitrogens is 2. The third kappa shape index (κ3) is 3.00. The first-order chi connectivity index (χ1) is 14.4. The maximum Gasteiger partial charge on any atom is 0.319 e. The minimum Gasteiger partial charge on any atom is -0.480 e. The van der Waals surface area contributed by atoms with Gasteiger partial charge in [-0.25, -0.2) is 0 Å². The first-order valence-corrected chi connectivity index (χ1v) is 11.1. The van der Waals surface area contributed by atoms with E-state index >= 15 is 0 Å². The number of carboxylic acids is 1. The highest BCUT2D eigenvalue weighted by atomic mass is 32.2. The molecule has 1 saturated carbocycles. The predicted octanol–water partition coefficient (Wildman–Crippen LogP) is 6.23. The van der Waals surface area contributed by atoms with Gasteiger partial charge in [-0.3, -0.25) is 9.78 Å². The van der Waals surface area contributed by atoms with E-state index in [1.54, 1.807) is 13.8 Å². The van der Waals surface area contributed by atoms with Crippen LogP contribution in [0.15, 0.2) is 59.9 Å². The van der Waals surface area contributed by atoms with Crippen LogP contribution in [0.1, 0.15) is 38.2 Å². The van der Waals surface area contributed by atoms with Gasteiger partial charge in [0, 0.05) is 24.2 Å². The zero-order valence-corrected chi connectivity index (χ0v) is 18.2. The molecule has 2 heterocycles. The molecule has 1 aliphatic rings. The SMILES string of the molecule is Cn1c(SC(C)(C)C(=O)O)c(-c2ccc(C3CC3)c3ccccc23)c2ccncc21. The molecule has 30 heavy (non-hydrogen) atoms. The average Bonchev–Trinajstić information content (AvgIpc) is 3.54. The van der Waals surface area contributed by atoms with Crippen molar-refractivity contribution in [3.63, 3.8) is 0 Å². The van der Waals surface area contributed by atoms with Gasteiger partial charge in [0.2, 0.25) is 0 Å². The molecular formula is C25H24N2O2S. The molecule has 0 spiro atoms. The Bertz CT molecular complexity index is 1300. The molecule has 152 valence electrons. The van der Waals surface area contributed by atoms with E-state index in [1.807, 2.05) is 25.5 Å². The highest BCUT2D eigenvalue weighted by Gasteiger charge is 2.33. The van der Waals surface area contributed by atoms with Crippen molar-refractivity contribution in [3.05, 3.63) is 60.4 Å². The Labute approximate surface area is 179 Å². The predicted molar refractivity (Wildman–Crippen MR) is 123 cm³/mol. The molecule has 0 saturated heterocycles. The Morgan fingerprint density at radius 1 is 1.10 bits per heavy atom. The smallest absolute Gasteiger partial charge is 0.319 e. The summed E-state index contributed by atoms with van der Waals surface area (Å²) in [5.74, 6) is -0.156. The Morgan fingerprint density at radius 3 is 2.53 bits per heavy atom. The molecule has 0 aliphatic heterocycles. The molecular weight excluding hydrogens is 392 g/mol. The number of benzene rings is 2. The van der Waals surface area contributed by atoms with Crippen LogP contribution in [0.5, 0.6) is 0 Å². The third-order valence-corrected chi connectivity index (χ3v) is 7.42. The molecule has 4 aromatic rings. The minimum atomic E-state index is -0.950. The van der Waals surface area contributed by atoms with Gasteiger partial charge < -0.3 is 9.67 Å². The number of hydrogen-bond acceptors (Lipinski definition) is 3. The lowest BCUT2D eigenvalue weighted by atomic mass is 9.93. The fourth-order valence-corrected chi connectivity index (χ4v) is 5.34. The van der Waals surface area contributed by atoms with Crippen LogP contribution >= 0.6 is 11.8 Å². The number of hydrogen-bond donors (Lipinski definition) is 1. The molecule has 2 aromatic carbocycles. The Balaban J connectivity index is 1.82. The molecule has 0 radical (unpaired) electrons. The van der Waals surface area contributed by atoms with Crippen molar-refractivity contribution in [1.29, 1.82) is 0 Å². The molecule has 1 aliphatic carbocycles. The lowest BCUT2D eigenvalue weighted by molar-refractivity contribution is -0.138. The highest BCUT2D eigenvalue weighted by molar-refractivity contribution is 8.01. The van der Waals surface area contributed by atoms with Gasteiger partial charge in [0.25, 0.3) is 0 Å². The molecule has 5 rings (SSSR count). The summed E-state index contributed by atoms with van der Waals surface area (Å²) in [5, 5.41) is 14.3. The maximum absolute atomic E-state index is 11.9. The van der Waals surface area contributed by atoms with Gasteiger partial charge in [0.1, 0.15) is 4.75 Å². The Morgan fingerprint density at radius 2 is 1.83 bits per heavy atom. The Hall–Kier alpha value is -2.79. The van der Waals surface area contributed by atoms with E-state index in [1.165, 1.54) is 40.9 Å². The summed E-state index contributed by atoms with van der Waals surface area (Å²) >= 11 is 1.39. The van der Waals surface area contributed by atoms with Gasteiger partial charge in [-0.15, -0.1) is 0 Å². The van der Waals surface area contributed by atoms with Crippen LogP contribution in [-0.4, -0.2) is 25.4 Å². The van der Waals surface area contributed by atoms with Gasteiger partial charge in [-0.05, 0) is 60.6 Å². The number of aryl methyl sites for hydroxylation is 1. The van der Waals surface area contributed by atoms with E-state index in [-0.39, 0.29) is 0 Å². The number of fused-ring (bicyclic) bond motifs is 2. The molecule has 1 fully saturated rings. The molecule has 2 aromatic heterocycles. The molecule has 5 heteroatoms. The van der Waals surface area contributed by atoms with Gasteiger partial charge in [0.05, 0.1) is 16.7 Å². The normalized spacial score (nSPS) is 14.5. The fourth-order valence-electron chi connectivity index (χ4n) is 4.21. The van der Waals surface area contributed by atoms with Crippen molar-refractivity contribution in [3.8, 4) is 11.1 Å². The van der Waals surface area contributed by atoms with E-state index in [0.717, 1.165) is 27.1 Å². The fraction of sp³-hybridized carbons (Fsp3) is 0.280. The van der Waals surface area contributed by atoms with Crippen molar-refractivity contribution in [1.82, 2.24) is 9.55 Å². The van der Waals surface area contributed by atoms with E-state index in [2.05, 4.69) is 45.9 Å². The number of thioether (sulfide) groups is 1. The second-order valence-corrected chi connectivity index (χ2v) is 10.2. The molecule has 0 amide bonds. The largest absolute Gasteiger partial charge is 0.480 e. The number of carboxylic acid groups (broad SMARTS) is 1. The molecule has 4 nitrogen and oxygen atoms in total. The quantitative estimate of drug-likeness (QED) is 0.392. The summed E-state index contributed by atoms with van der Waals surface area (Å²) in [4.78, 5) is 16.2. The van der Waals surface area contributed by atoms with Crippen molar-refractivity contribution >= 4 is 39.4 Å². The van der Waals surface area contributed by atoms with Crippen molar-refractivity contribution < 1.29 is 9.90 Å². The van der Waals surface area contributed by atoms with Crippen LogP contribution in [0.3, 0.4) is 0 Å². The first kappa shape index (κ1) is 19.2. The Kier molecular flexibility index (Phi) is 4.40. The first-order valence-electron chi connectivity index (χ1n) is 10.3. The van der Waals surface area contributed by atoms with Gasteiger partial charge in [0.15, 0.2) is 0 Å². The van der Waals surface area contributed by atoms with Gasteiger partial charge in [-0.2, -0.15) is 0 Å². The van der Waals surface area contributed by atoms with Crippen LogP contribution < -0.4 is 0 Å². The highest BCUT2D eigenvalue weighted by Crippen LogP contribution is 2.49. The minimum absolute atomic E-state index is 0.667. The standard InChI is InChI=1S/C25H24N2O2S/c1-25(2,24(28)29)30-23-22(20-12-13-26-14-21(20)27(23)3)19-11-10-16(15-8-9-15)17-6-4-5-7-18(17)19/h4-7,10-15H,8-9H2,1-3H3,(H,28,29). The van der Waals surface area contributed by atoms with Gasteiger partial charge >= 0.3 is 5.97 Å². The van der Waals surface area contributed by atoms with E-state index in [0.29, 0.717) is 5.92 Å². The number of carbonyl (C=O) groups is 1. The lowest BCUT2D eigenvalue weighted by Crippen LogP contribution is -2.27. The van der Waals surface area contributed by atoms with Crippen molar-refractivity contribution in [2.24, 2.45) is 7.05 Å². The summed E-state index contributed by atoms with van der Waals surface area (Å²) < 4.78 is 1.13. The number of pyridine rings is 1. The van der Waals surface area contributed by atoms with Crippen LogP contribution in [-0.2, 0) is 11.8 Å². The van der Waals surface area contributed by atoms with E-state index < -0.39 is 10.7 Å². The molecule has 0 bridgehead atoms. The third-order valence-electron chi connectivity index (χ3n) is 6.06. The summed E-state index contributed by atoms with van der Waals surface area (Å²) in [7, 11) is 1.99. The van der Waals surface area contributed by atoms with Crippen molar-refractivity contribution in [2.45, 2.75) is 42.4 Å². The number of aliphatic carboxylic acids is 1. The summed E-state index contributed by atoms with van der Waals surface area (Å²) in [6.45, 7) is 3.52. The van der Waals surface area contributed by atoms with Crippen molar-refractivity contribution in [2.75, 3.05) is 0 Å². The molecule has 0 atom stereocenters. The van der Waals surface area contributed by atoms with Crippen LogP contribution in [0, 0.1) is 0 Å². The zero-order valence-electron chi connectivity index (χ0n) is 17.3. The van der Waals surface area contributed by atoms with Gasteiger partial charge in [-0.1, -0.05) is 48.2 Å². The molecule has 0 unspecified atom stereocenters. The number of rotatable bonds is 5. The monoisotopic (exact) mass is 416 g/mol. The van der Waals surface area contributed by atoms with E-state index in [9.17, 15) is 9.90 Å². The van der Waals surface area contributed by atoms with Crippen LogP contribution in [0.25, 0.3) is 32.8 Å². The lowest BCUT2D eigenvalue weighted by Gasteiger charge is -2.21. The second-order valence-electron chi connectivity index (χ2n) is 8.57. The maximum atomic E-state index is 11.9. The van der Waals surface area contributed by atoms with E-state index in [4.69, 9.17) is 0 Å². The molecule has 1 N–H and O–H groups in total. The van der Waals surface area contributed by atoms with Crippen LogP contribution in [0.2, 0.25) is 0 Å². The second kappa shape index (κ2) is 6.88. The summed E-state index contributed by atoms with van der Waals surface area (Å²) in [5.41, 5.74) is 4.67. The summed E-state index contributed by atoms with van der Waals surface area (Å²) in [6.07, 6.45) is 6.19. The topological polar surface area (TPSA) is 55.1 Å². The summed E-state index contributed by atoms with van der Waals surface area (Å²) in [6, 6.07) is 15.1. The zero-order chi connectivity index (χ0) is 21.0. The van der Waals surface area contributed by atoms with Crippen LogP contribution in [0.4, 0.5) is 0 Å².